The number of nitrogens with two attached hydrogens (primary N) is 1. The molecule has 0 spiro atoms. The van der Waals surface area contributed by atoms with Crippen LogP contribution in [0.5, 0.6) is 0 Å². The van der Waals surface area contributed by atoms with Gasteiger partial charge in [0.05, 0.1) is 22.9 Å². The minimum absolute atomic E-state index is 0.726. The summed E-state index contributed by atoms with van der Waals surface area (Å²) in [5, 5.41) is 0.980. The van der Waals surface area contributed by atoms with E-state index in [1.807, 2.05) is 29.8 Å². The molecule has 74 valence electrons. The molecule has 2 N–H and O–H groups in total. The first-order valence-electron chi connectivity index (χ1n) is 4.71. The van der Waals surface area contributed by atoms with Crippen LogP contribution in [0, 0.1) is 0 Å². The predicted octanol–water partition coefficient (Wildman–Crippen LogP) is 1.70. The van der Waals surface area contributed by atoms with Crippen LogP contribution in [0.2, 0.25) is 0 Å². The van der Waals surface area contributed by atoms with E-state index in [1.54, 1.807) is 12.5 Å². The number of nitrogen functional groups attached to an aromatic ring is 1. The molecular formula is C11H10N4. The maximum Gasteiger partial charge on any atom is 0.0981 e. The van der Waals surface area contributed by atoms with Gasteiger partial charge < -0.3 is 10.3 Å². The van der Waals surface area contributed by atoms with E-state index in [9.17, 15) is 0 Å². The molecule has 0 bridgehead atoms. The number of rotatable bonds is 0. The second-order valence-corrected chi connectivity index (χ2v) is 3.59. The van der Waals surface area contributed by atoms with Crippen LogP contribution in [-0.4, -0.2) is 14.5 Å². The number of imidazole rings is 1. The molecule has 3 rings (SSSR count). The maximum absolute atomic E-state index is 5.94. The van der Waals surface area contributed by atoms with Crippen molar-refractivity contribution in [3.8, 4) is 0 Å². The molecule has 0 radical (unpaired) electrons. The monoisotopic (exact) mass is 198 g/mol. The fourth-order valence-corrected chi connectivity index (χ4v) is 1.89. The van der Waals surface area contributed by atoms with E-state index in [2.05, 4.69) is 9.97 Å². The first-order chi connectivity index (χ1) is 7.27. The Morgan fingerprint density at radius 3 is 3.07 bits per heavy atom. The van der Waals surface area contributed by atoms with Crippen LogP contribution in [0.15, 0.2) is 30.7 Å². The van der Waals surface area contributed by atoms with Crippen LogP contribution in [0.1, 0.15) is 0 Å². The summed E-state index contributed by atoms with van der Waals surface area (Å²) in [7, 11) is 1.96. The lowest BCUT2D eigenvalue weighted by Gasteiger charge is -2.03. The molecule has 0 unspecified atom stereocenters. The Morgan fingerprint density at radius 2 is 2.20 bits per heavy atom. The topological polar surface area (TPSA) is 56.7 Å². The van der Waals surface area contributed by atoms with Gasteiger partial charge in [-0.05, 0) is 18.2 Å². The summed E-state index contributed by atoms with van der Waals surface area (Å²) in [6.45, 7) is 0. The first kappa shape index (κ1) is 8.23. The molecule has 0 amide bonds. The lowest BCUT2D eigenvalue weighted by molar-refractivity contribution is 0.949. The molecule has 15 heavy (non-hydrogen) atoms. The third kappa shape index (κ3) is 1.01. The van der Waals surface area contributed by atoms with Crippen molar-refractivity contribution in [2.75, 3.05) is 5.73 Å². The Hall–Kier alpha value is -2.10. The smallest absolute Gasteiger partial charge is 0.0981 e. The van der Waals surface area contributed by atoms with Gasteiger partial charge >= 0.3 is 0 Å². The summed E-state index contributed by atoms with van der Waals surface area (Å²) in [4.78, 5) is 8.63. The van der Waals surface area contributed by atoms with Crippen molar-refractivity contribution in [1.29, 1.82) is 0 Å². The molecule has 2 heterocycles. The van der Waals surface area contributed by atoms with Crippen molar-refractivity contribution < 1.29 is 0 Å². The van der Waals surface area contributed by atoms with E-state index in [1.165, 1.54) is 0 Å². The summed E-state index contributed by atoms with van der Waals surface area (Å²) >= 11 is 0. The molecule has 0 saturated carbocycles. The summed E-state index contributed by atoms with van der Waals surface area (Å²) in [6.07, 6.45) is 3.55. The van der Waals surface area contributed by atoms with E-state index in [0.29, 0.717) is 0 Å². The third-order valence-electron chi connectivity index (χ3n) is 2.60. The lowest BCUT2D eigenvalue weighted by Crippen LogP contribution is -1.92. The van der Waals surface area contributed by atoms with E-state index in [0.717, 1.165) is 27.6 Å². The maximum atomic E-state index is 5.94. The van der Waals surface area contributed by atoms with Crippen LogP contribution < -0.4 is 5.73 Å². The van der Waals surface area contributed by atoms with Crippen LogP contribution in [0.25, 0.3) is 21.9 Å². The average Bonchev–Trinajstić information content (AvgIpc) is 2.61. The van der Waals surface area contributed by atoms with Crippen LogP contribution in [-0.2, 0) is 7.05 Å². The van der Waals surface area contributed by atoms with Gasteiger partial charge in [-0.3, -0.25) is 4.98 Å². The Morgan fingerprint density at radius 1 is 1.33 bits per heavy atom. The van der Waals surface area contributed by atoms with Gasteiger partial charge in [0, 0.05) is 24.3 Å². The molecule has 0 atom stereocenters. The summed E-state index contributed by atoms with van der Waals surface area (Å²) < 4.78 is 1.96. The number of aromatic nitrogens is 3. The van der Waals surface area contributed by atoms with Crippen molar-refractivity contribution in [3.63, 3.8) is 0 Å². The Bertz CT molecular complexity index is 654. The number of pyridine rings is 1. The Labute approximate surface area is 86.4 Å². The van der Waals surface area contributed by atoms with Crippen molar-refractivity contribution in [2.45, 2.75) is 0 Å². The van der Waals surface area contributed by atoms with Crippen molar-refractivity contribution in [3.05, 3.63) is 30.7 Å². The zero-order valence-electron chi connectivity index (χ0n) is 8.31. The second kappa shape index (κ2) is 2.70. The summed E-state index contributed by atoms with van der Waals surface area (Å²) in [6, 6.07) is 5.75. The van der Waals surface area contributed by atoms with Crippen LogP contribution in [0.4, 0.5) is 5.69 Å². The Balaban J connectivity index is 2.67. The molecule has 0 fully saturated rings. The number of nitrogens with zero attached hydrogens (tertiary/aromatic N) is 3. The number of anilines is 1. The van der Waals surface area contributed by atoms with Gasteiger partial charge in [-0.15, -0.1) is 0 Å². The number of benzene rings is 1. The highest BCUT2D eigenvalue weighted by atomic mass is 15.0. The predicted molar refractivity (Wildman–Crippen MR) is 60.4 cm³/mol. The van der Waals surface area contributed by atoms with E-state index >= 15 is 0 Å². The van der Waals surface area contributed by atoms with E-state index in [-0.39, 0.29) is 0 Å². The number of hydrogen-bond acceptors (Lipinski definition) is 3. The molecule has 4 heteroatoms. The normalized spacial score (nSPS) is 11.3. The van der Waals surface area contributed by atoms with E-state index < -0.39 is 0 Å². The molecule has 1 aromatic carbocycles. The SMILES string of the molecule is Cn1cnc2cc(N)c3cccnc3c21. The van der Waals surface area contributed by atoms with E-state index in [4.69, 9.17) is 5.73 Å². The molecule has 2 aromatic heterocycles. The molecule has 0 saturated heterocycles. The van der Waals surface area contributed by atoms with Crippen molar-refractivity contribution in [1.82, 2.24) is 14.5 Å². The minimum Gasteiger partial charge on any atom is -0.398 e. The standard InChI is InChI=1S/C11H10N4/c1-15-6-14-9-5-8(12)7-3-2-4-13-10(7)11(9)15/h2-6H,12H2,1H3. The highest BCUT2D eigenvalue weighted by molar-refractivity contribution is 6.07. The lowest BCUT2D eigenvalue weighted by atomic mass is 10.1. The second-order valence-electron chi connectivity index (χ2n) is 3.59. The van der Waals surface area contributed by atoms with Gasteiger partial charge in [-0.2, -0.15) is 0 Å². The summed E-state index contributed by atoms with van der Waals surface area (Å²) in [5.74, 6) is 0. The fourth-order valence-electron chi connectivity index (χ4n) is 1.89. The number of hydrogen-bond donors (Lipinski definition) is 1. The van der Waals surface area contributed by atoms with Gasteiger partial charge in [0.1, 0.15) is 0 Å². The van der Waals surface area contributed by atoms with Gasteiger partial charge in [0.15, 0.2) is 0 Å². The Kier molecular flexibility index (Phi) is 1.48. The first-order valence-corrected chi connectivity index (χ1v) is 4.71. The van der Waals surface area contributed by atoms with Crippen LogP contribution >= 0.6 is 0 Å². The third-order valence-corrected chi connectivity index (χ3v) is 2.60. The molecular weight excluding hydrogens is 188 g/mol. The van der Waals surface area contributed by atoms with Crippen molar-refractivity contribution in [2.24, 2.45) is 7.05 Å². The largest absolute Gasteiger partial charge is 0.398 e. The van der Waals surface area contributed by atoms with Gasteiger partial charge in [-0.25, -0.2) is 4.98 Å². The number of fused-ring (bicyclic) bond motifs is 3. The fraction of sp³-hybridized carbons (Fsp3) is 0.0909. The highest BCUT2D eigenvalue weighted by Crippen LogP contribution is 2.27. The quantitative estimate of drug-likeness (QED) is 0.559. The summed E-state index contributed by atoms with van der Waals surface area (Å²) in [5.41, 5.74) is 9.50. The van der Waals surface area contributed by atoms with Gasteiger partial charge in [-0.1, -0.05) is 0 Å². The van der Waals surface area contributed by atoms with Gasteiger partial charge in [0.2, 0.25) is 0 Å². The number of aryl methyl sites for hydroxylation is 1. The zero-order chi connectivity index (χ0) is 10.4. The van der Waals surface area contributed by atoms with Crippen LogP contribution in [0.3, 0.4) is 0 Å². The van der Waals surface area contributed by atoms with Gasteiger partial charge in [0.25, 0.3) is 0 Å². The van der Waals surface area contributed by atoms with Crippen molar-refractivity contribution >= 4 is 27.6 Å². The molecule has 3 aromatic rings. The molecule has 0 aliphatic rings. The minimum atomic E-state index is 0.726. The molecule has 0 aliphatic carbocycles. The zero-order valence-corrected chi connectivity index (χ0v) is 8.31. The highest BCUT2D eigenvalue weighted by Gasteiger charge is 2.08. The molecule has 4 nitrogen and oxygen atoms in total. The molecule has 0 aliphatic heterocycles. The average molecular weight is 198 g/mol.